The van der Waals surface area contributed by atoms with Crippen LogP contribution in [0.25, 0.3) is 10.9 Å². The molecule has 2 aliphatic rings. The number of ether oxygens (including phenoxy) is 1. The van der Waals surface area contributed by atoms with Crippen LogP contribution < -0.4 is 15.6 Å². The Morgan fingerprint density at radius 3 is 2.55 bits per heavy atom. The highest BCUT2D eigenvalue weighted by Gasteiger charge is 2.28. The number of aromatic nitrogens is 4. The first-order chi connectivity index (χ1) is 15.0. The molecule has 2 heterocycles. The fraction of sp³-hybridized carbons (Fsp3) is 0.478. The van der Waals surface area contributed by atoms with Gasteiger partial charge in [0.2, 0.25) is 5.88 Å². The average molecular weight is 422 g/mol. The van der Waals surface area contributed by atoms with Crippen LogP contribution in [-0.2, 0) is 7.05 Å². The number of fused-ring (bicyclic) bond motifs is 1. The number of hydrogen-bond donors (Lipinski definition) is 1. The highest BCUT2D eigenvalue weighted by molar-refractivity contribution is 5.98. The number of methoxy groups -OCH3 is 1. The summed E-state index contributed by atoms with van der Waals surface area (Å²) in [6, 6.07) is 9.20. The molecule has 8 heteroatoms. The molecule has 0 aliphatic heterocycles. The molecule has 162 valence electrons. The predicted octanol–water partition coefficient (Wildman–Crippen LogP) is 2.93. The first kappa shape index (κ1) is 19.8. The number of carbonyl (C=O) groups excluding carboxylic acids is 1. The van der Waals surface area contributed by atoms with Crippen molar-refractivity contribution in [1.29, 1.82) is 0 Å². The van der Waals surface area contributed by atoms with Crippen molar-refractivity contribution in [2.75, 3.05) is 7.11 Å². The number of hydrogen-bond acceptors (Lipinski definition) is 5. The van der Waals surface area contributed by atoms with Gasteiger partial charge in [-0.15, -0.1) is 0 Å². The van der Waals surface area contributed by atoms with Gasteiger partial charge >= 0.3 is 0 Å². The molecule has 1 aromatic carbocycles. The zero-order chi connectivity index (χ0) is 21.5. The van der Waals surface area contributed by atoms with Crippen molar-refractivity contribution < 1.29 is 9.53 Å². The quantitative estimate of drug-likeness (QED) is 0.684. The second-order valence-electron chi connectivity index (χ2n) is 8.66. The van der Waals surface area contributed by atoms with Crippen molar-refractivity contribution in [2.24, 2.45) is 7.05 Å². The van der Waals surface area contributed by atoms with Gasteiger partial charge in [0.1, 0.15) is 0 Å². The van der Waals surface area contributed by atoms with Crippen LogP contribution in [0.15, 0.2) is 35.1 Å². The summed E-state index contributed by atoms with van der Waals surface area (Å²) in [6.45, 7) is 0. The van der Waals surface area contributed by atoms with E-state index in [0.717, 1.165) is 42.3 Å². The summed E-state index contributed by atoms with van der Waals surface area (Å²) in [5.74, 6) is 1.11. The summed E-state index contributed by atoms with van der Waals surface area (Å²) >= 11 is 0. The Labute approximate surface area is 180 Å². The smallest absolute Gasteiger partial charge is 0.267 e. The van der Waals surface area contributed by atoms with Crippen LogP contribution in [0.1, 0.15) is 66.5 Å². The summed E-state index contributed by atoms with van der Waals surface area (Å²) in [5, 5.41) is 13.1. The predicted molar refractivity (Wildman–Crippen MR) is 116 cm³/mol. The minimum Gasteiger partial charge on any atom is -0.481 e. The minimum absolute atomic E-state index is 0.0315. The molecule has 2 aliphatic carbocycles. The highest BCUT2D eigenvalue weighted by atomic mass is 16.5. The monoisotopic (exact) mass is 421 g/mol. The number of benzene rings is 1. The van der Waals surface area contributed by atoms with Crippen molar-refractivity contribution in [1.82, 2.24) is 24.9 Å². The van der Waals surface area contributed by atoms with Crippen molar-refractivity contribution in [3.8, 4) is 5.88 Å². The van der Waals surface area contributed by atoms with Crippen molar-refractivity contribution in [3.63, 3.8) is 0 Å². The van der Waals surface area contributed by atoms with Gasteiger partial charge in [0.05, 0.1) is 29.7 Å². The van der Waals surface area contributed by atoms with Crippen LogP contribution in [-0.4, -0.2) is 38.6 Å². The van der Waals surface area contributed by atoms with Gasteiger partial charge in [0, 0.05) is 30.6 Å². The Hall–Kier alpha value is -3.16. The van der Waals surface area contributed by atoms with E-state index in [2.05, 4.69) is 15.5 Å². The molecular weight excluding hydrogens is 394 g/mol. The first-order valence-corrected chi connectivity index (χ1v) is 10.9. The van der Waals surface area contributed by atoms with Crippen LogP contribution in [0, 0.1) is 0 Å². The van der Waals surface area contributed by atoms with E-state index in [1.54, 1.807) is 34.7 Å². The topological polar surface area (TPSA) is 91.0 Å². The van der Waals surface area contributed by atoms with Gasteiger partial charge in [-0.1, -0.05) is 0 Å². The second-order valence-corrected chi connectivity index (χ2v) is 8.66. The van der Waals surface area contributed by atoms with Crippen LogP contribution in [0.5, 0.6) is 5.88 Å². The summed E-state index contributed by atoms with van der Waals surface area (Å²) in [6.07, 6.45) is 5.67. The fourth-order valence-corrected chi connectivity index (χ4v) is 4.59. The molecule has 2 fully saturated rings. The van der Waals surface area contributed by atoms with E-state index >= 15 is 0 Å². The van der Waals surface area contributed by atoms with Crippen LogP contribution in [0.2, 0.25) is 0 Å². The molecule has 3 aromatic rings. The maximum Gasteiger partial charge on any atom is 0.267 e. The summed E-state index contributed by atoms with van der Waals surface area (Å²) in [5.41, 5.74) is 2.33. The largest absolute Gasteiger partial charge is 0.481 e. The zero-order valence-corrected chi connectivity index (χ0v) is 17.9. The Morgan fingerprint density at radius 1 is 1.06 bits per heavy atom. The lowest BCUT2D eigenvalue weighted by Crippen LogP contribution is -2.39. The van der Waals surface area contributed by atoms with Crippen molar-refractivity contribution >= 4 is 16.8 Å². The molecule has 8 nitrogen and oxygen atoms in total. The van der Waals surface area contributed by atoms with Gasteiger partial charge in [0.15, 0.2) is 0 Å². The number of nitrogens with zero attached hydrogens (tertiary/aromatic N) is 4. The molecule has 1 amide bonds. The van der Waals surface area contributed by atoms with E-state index in [9.17, 15) is 9.59 Å². The van der Waals surface area contributed by atoms with E-state index in [4.69, 9.17) is 4.74 Å². The van der Waals surface area contributed by atoms with E-state index in [-0.39, 0.29) is 23.6 Å². The lowest BCUT2D eigenvalue weighted by atomic mass is 9.91. The van der Waals surface area contributed by atoms with Crippen molar-refractivity contribution in [3.05, 3.63) is 51.9 Å². The molecule has 0 radical (unpaired) electrons. The molecule has 31 heavy (non-hydrogen) atoms. The average Bonchev–Trinajstić information content (AvgIpc) is 3.57. The zero-order valence-electron chi connectivity index (χ0n) is 17.9. The van der Waals surface area contributed by atoms with E-state index < -0.39 is 0 Å². The minimum atomic E-state index is -0.0963. The van der Waals surface area contributed by atoms with E-state index in [1.807, 2.05) is 19.2 Å². The molecule has 0 unspecified atom stereocenters. The van der Waals surface area contributed by atoms with Gasteiger partial charge in [0.25, 0.3) is 11.5 Å². The fourth-order valence-electron chi connectivity index (χ4n) is 4.59. The Morgan fingerprint density at radius 2 is 1.84 bits per heavy atom. The standard InChI is InChI=1S/C23H27N5O3/c1-27-23(31-2)18-10-5-15(13-20(18)25-27)22(30)24-16-6-8-17(9-7-16)28-21(29)12-11-19(26-28)14-3-4-14/h5,10-14,16-17H,3-4,6-9H2,1-2H3,(H,24,30). The van der Waals surface area contributed by atoms with Crippen LogP contribution in [0.3, 0.4) is 0 Å². The number of carbonyl (C=O) groups is 1. The highest BCUT2D eigenvalue weighted by Crippen LogP contribution is 2.38. The van der Waals surface area contributed by atoms with Gasteiger partial charge in [-0.05, 0) is 62.8 Å². The summed E-state index contributed by atoms with van der Waals surface area (Å²) < 4.78 is 8.71. The Balaban J connectivity index is 1.23. The molecule has 2 aromatic heterocycles. The number of nitrogens with one attached hydrogen (secondary N) is 1. The normalized spacial score (nSPS) is 21.2. The van der Waals surface area contributed by atoms with Crippen molar-refractivity contribution in [2.45, 2.75) is 56.5 Å². The number of amides is 1. The van der Waals surface area contributed by atoms with Crippen LogP contribution >= 0.6 is 0 Å². The molecule has 0 saturated heterocycles. The summed E-state index contributed by atoms with van der Waals surface area (Å²) in [7, 11) is 3.43. The lowest BCUT2D eigenvalue weighted by Gasteiger charge is -2.29. The van der Waals surface area contributed by atoms with Gasteiger partial charge in [-0.3, -0.25) is 9.59 Å². The Bertz CT molecular complexity index is 1190. The second kappa shape index (κ2) is 7.83. The van der Waals surface area contributed by atoms with Gasteiger partial charge in [-0.25, -0.2) is 9.36 Å². The van der Waals surface area contributed by atoms with E-state index in [0.29, 0.717) is 17.4 Å². The molecular formula is C23H27N5O3. The van der Waals surface area contributed by atoms with Gasteiger partial charge < -0.3 is 10.1 Å². The van der Waals surface area contributed by atoms with E-state index in [1.165, 1.54) is 12.8 Å². The lowest BCUT2D eigenvalue weighted by molar-refractivity contribution is 0.0921. The molecule has 5 rings (SSSR count). The maximum absolute atomic E-state index is 12.8. The third-order valence-corrected chi connectivity index (χ3v) is 6.45. The third kappa shape index (κ3) is 3.82. The number of aryl methyl sites for hydroxylation is 1. The van der Waals surface area contributed by atoms with Crippen LogP contribution in [0.4, 0.5) is 0 Å². The first-order valence-electron chi connectivity index (χ1n) is 10.9. The molecule has 1 N–H and O–H groups in total. The SMILES string of the molecule is COc1c2ccc(C(=O)NC3CCC(n4nc(C5CC5)ccc4=O)CC3)cc2nn1C. The molecule has 0 bridgehead atoms. The molecule has 0 atom stereocenters. The summed E-state index contributed by atoms with van der Waals surface area (Å²) in [4.78, 5) is 25.1. The van der Waals surface area contributed by atoms with Gasteiger partial charge in [-0.2, -0.15) is 10.2 Å². The Kier molecular flexibility index (Phi) is 5.00. The maximum atomic E-state index is 12.8. The third-order valence-electron chi connectivity index (χ3n) is 6.45. The molecule has 2 saturated carbocycles. The molecule has 0 spiro atoms. The number of rotatable bonds is 5.